The predicted molar refractivity (Wildman–Crippen MR) is 110 cm³/mol. The van der Waals surface area contributed by atoms with Crippen LogP contribution in [0.15, 0.2) is 29.4 Å². The number of aryl methyl sites for hydroxylation is 2. The van der Waals surface area contributed by atoms with Crippen molar-refractivity contribution in [2.75, 3.05) is 11.6 Å². The van der Waals surface area contributed by atoms with Gasteiger partial charge < -0.3 is 5.32 Å². The van der Waals surface area contributed by atoms with Crippen molar-refractivity contribution >= 4 is 29.1 Å². The highest BCUT2D eigenvalue weighted by Crippen LogP contribution is 2.29. The van der Waals surface area contributed by atoms with E-state index in [1.165, 1.54) is 11.8 Å². The monoisotopic (exact) mass is 383 g/mol. The van der Waals surface area contributed by atoms with Crippen molar-refractivity contribution in [2.24, 2.45) is 0 Å². The van der Waals surface area contributed by atoms with Gasteiger partial charge in [-0.15, -0.1) is 5.10 Å². The molecule has 0 saturated carbocycles. The summed E-state index contributed by atoms with van der Waals surface area (Å²) in [4.78, 5) is 21.7. The number of hydrogen-bond donors (Lipinski definition) is 1. The minimum atomic E-state index is -0.0655. The van der Waals surface area contributed by atoms with Crippen molar-refractivity contribution in [3.05, 3.63) is 46.8 Å². The fourth-order valence-electron chi connectivity index (χ4n) is 3.13. The Morgan fingerprint density at radius 3 is 2.56 bits per heavy atom. The molecular formula is C20H25N5OS. The van der Waals surface area contributed by atoms with E-state index in [0.717, 1.165) is 28.2 Å². The molecule has 0 unspecified atom stereocenters. The van der Waals surface area contributed by atoms with Crippen LogP contribution >= 0.6 is 11.8 Å². The zero-order valence-electron chi connectivity index (χ0n) is 16.6. The zero-order valence-corrected chi connectivity index (χ0v) is 17.4. The molecule has 1 aromatic carbocycles. The lowest BCUT2D eigenvalue weighted by Gasteiger charge is -2.23. The molecule has 0 atom stereocenters. The van der Waals surface area contributed by atoms with Crippen molar-refractivity contribution in [1.29, 1.82) is 0 Å². The first-order valence-corrected chi connectivity index (χ1v) is 10.1. The number of rotatable bonds is 4. The molecule has 0 spiro atoms. The van der Waals surface area contributed by atoms with Crippen LogP contribution in [0.1, 0.15) is 43.3 Å². The molecule has 1 N–H and O–H groups in total. The molecule has 3 rings (SSSR count). The number of amides is 1. The van der Waals surface area contributed by atoms with E-state index in [4.69, 9.17) is 0 Å². The first-order valence-electron chi connectivity index (χ1n) is 8.87. The van der Waals surface area contributed by atoms with Crippen LogP contribution in [0.3, 0.4) is 0 Å². The molecule has 1 amide bonds. The van der Waals surface area contributed by atoms with Crippen molar-refractivity contribution in [2.45, 2.75) is 51.6 Å². The molecule has 0 fully saturated rings. The molecule has 27 heavy (non-hydrogen) atoms. The summed E-state index contributed by atoms with van der Waals surface area (Å²) in [5.41, 5.74) is 4.49. The Labute approximate surface area is 163 Å². The SMILES string of the molecule is CSc1nc2nc(C)c(CC(=O)Nc3ccccc3C(C)(C)C)c(C)n2n1. The van der Waals surface area contributed by atoms with E-state index >= 15 is 0 Å². The molecule has 0 aliphatic carbocycles. The van der Waals surface area contributed by atoms with Gasteiger partial charge in [-0.2, -0.15) is 4.98 Å². The summed E-state index contributed by atoms with van der Waals surface area (Å²) >= 11 is 1.47. The van der Waals surface area contributed by atoms with Crippen molar-refractivity contribution in [1.82, 2.24) is 19.6 Å². The third-order valence-electron chi connectivity index (χ3n) is 4.56. The Hall–Kier alpha value is -2.41. The van der Waals surface area contributed by atoms with E-state index < -0.39 is 0 Å². The maximum absolute atomic E-state index is 12.8. The summed E-state index contributed by atoms with van der Waals surface area (Å²) < 4.78 is 1.71. The van der Waals surface area contributed by atoms with Gasteiger partial charge in [-0.25, -0.2) is 9.50 Å². The summed E-state index contributed by atoms with van der Waals surface area (Å²) in [5.74, 6) is 0.501. The lowest BCUT2D eigenvalue weighted by Crippen LogP contribution is -2.21. The fraction of sp³-hybridized carbons (Fsp3) is 0.400. The molecule has 3 aromatic rings. The number of fused-ring (bicyclic) bond motifs is 1. The number of benzene rings is 1. The minimum absolute atomic E-state index is 0.0505. The van der Waals surface area contributed by atoms with Gasteiger partial charge in [0.1, 0.15) is 0 Å². The summed E-state index contributed by atoms with van der Waals surface area (Å²) in [7, 11) is 0. The second-order valence-electron chi connectivity index (χ2n) is 7.59. The largest absolute Gasteiger partial charge is 0.326 e. The molecule has 0 radical (unpaired) electrons. The maximum Gasteiger partial charge on any atom is 0.253 e. The maximum atomic E-state index is 12.8. The predicted octanol–water partition coefficient (Wildman–Crippen LogP) is 3.94. The number of nitrogens with one attached hydrogen (secondary N) is 1. The van der Waals surface area contributed by atoms with Crippen LogP contribution in [0, 0.1) is 13.8 Å². The van der Waals surface area contributed by atoms with Gasteiger partial charge >= 0.3 is 0 Å². The Morgan fingerprint density at radius 1 is 1.19 bits per heavy atom. The van der Waals surface area contributed by atoms with E-state index in [1.807, 2.05) is 38.3 Å². The second-order valence-corrected chi connectivity index (χ2v) is 8.37. The van der Waals surface area contributed by atoms with Crippen LogP contribution in [-0.2, 0) is 16.6 Å². The molecule has 2 heterocycles. The quantitative estimate of drug-likeness (QED) is 0.691. The van der Waals surface area contributed by atoms with Crippen LogP contribution in [0.2, 0.25) is 0 Å². The summed E-state index contributed by atoms with van der Waals surface area (Å²) in [6, 6.07) is 7.94. The summed E-state index contributed by atoms with van der Waals surface area (Å²) in [6.45, 7) is 10.3. The van der Waals surface area contributed by atoms with Crippen LogP contribution in [0.5, 0.6) is 0 Å². The average Bonchev–Trinajstić information content (AvgIpc) is 3.01. The molecule has 6 nitrogen and oxygen atoms in total. The van der Waals surface area contributed by atoms with Crippen LogP contribution in [0.25, 0.3) is 5.78 Å². The molecular weight excluding hydrogens is 358 g/mol. The van der Waals surface area contributed by atoms with E-state index in [9.17, 15) is 4.79 Å². The standard InChI is InChI=1S/C20H25N5OS/c1-12-14(13(2)25-18(21-12)23-19(24-25)27-6)11-17(26)22-16-10-8-7-9-15(16)20(3,4)5/h7-10H,11H2,1-6H3,(H,22,26). The third kappa shape index (κ3) is 3.98. The van der Waals surface area contributed by atoms with Crippen LogP contribution in [0.4, 0.5) is 5.69 Å². The highest BCUT2D eigenvalue weighted by atomic mass is 32.2. The van der Waals surface area contributed by atoms with Gasteiger partial charge in [0, 0.05) is 22.6 Å². The Balaban J connectivity index is 1.89. The van der Waals surface area contributed by atoms with E-state index in [2.05, 4.69) is 47.2 Å². The highest BCUT2D eigenvalue weighted by molar-refractivity contribution is 7.98. The van der Waals surface area contributed by atoms with E-state index in [1.54, 1.807) is 4.52 Å². The van der Waals surface area contributed by atoms with Gasteiger partial charge in [0.05, 0.1) is 6.42 Å². The zero-order chi connectivity index (χ0) is 19.8. The molecule has 0 bridgehead atoms. The van der Waals surface area contributed by atoms with Gasteiger partial charge in [-0.05, 0) is 37.1 Å². The number of thioether (sulfide) groups is 1. The summed E-state index contributed by atoms with van der Waals surface area (Å²) in [6.07, 6.45) is 2.17. The molecule has 0 saturated heterocycles. The van der Waals surface area contributed by atoms with Crippen LogP contribution < -0.4 is 5.32 Å². The highest BCUT2D eigenvalue weighted by Gasteiger charge is 2.20. The molecule has 0 aliphatic rings. The number of carbonyl (C=O) groups is 1. The summed E-state index contributed by atoms with van der Waals surface area (Å²) in [5, 5.41) is 8.18. The van der Waals surface area contributed by atoms with Gasteiger partial charge in [0.25, 0.3) is 5.78 Å². The van der Waals surface area contributed by atoms with Gasteiger partial charge in [-0.3, -0.25) is 4.79 Å². The normalized spacial score (nSPS) is 11.8. The molecule has 7 heteroatoms. The first-order chi connectivity index (χ1) is 12.7. The smallest absolute Gasteiger partial charge is 0.253 e. The van der Waals surface area contributed by atoms with Crippen molar-refractivity contribution in [3.8, 4) is 0 Å². The number of para-hydroxylation sites is 1. The average molecular weight is 384 g/mol. The topological polar surface area (TPSA) is 72.2 Å². The lowest BCUT2D eigenvalue weighted by atomic mass is 9.86. The number of carbonyl (C=O) groups excluding carboxylic acids is 1. The lowest BCUT2D eigenvalue weighted by molar-refractivity contribution is -0.115. The van der Waals surface area contributed by atoms with E-state index in [0.29, 0.717) is 10.9 Å². The third-order valence-corrected chi connectivity index (χ3v) is 5.10. The first kappa shape index (κ1) is 19.4. The van der Waals surface area contributed by atoms with Gasteiger partial charge in [0.2, 0.25) is 11.1 Å². The number of anilines is 1. The Morgan fingerprint density at radius 2 is 1.89 bits per heavy atom. The Kier molecular flexibility index (Phi) is 5.24. The van der Waals surface area contributed by atoms with Crippen molar-refractivity contribution < 1.29 is 4.79 Å². The van der Waals surface area contributed by atoms with Crippen molar-refractivity contribution in [3.63, 3.8) is 0 Å². The van der Waals surface area contributed by atoms with Gasteiger partial charge in [-0.1, -0.05) is 50.7 Å². The number of nitrogens with zero attached hydrogens (tertiary/aromatic N) is 4. The second kappa shape index (κ2) is 7.31. The molecule has 0 aliphatic heterocycles. The Bertz CT molecular complexity index is 1000. The fourth-order valence-corrected chi connectivity index (χ4v) is 3.47. The molecule has 142 valence electrons. The van der Waals surface area contributed by atoms with Gasteiger partial charge in [0.15, 0.2) is 0 Å². The minimum Gasteiger partial charge on any atom is -0.326 e. The number of aromatic nitrogens is 4. The number of hydrogen-bond acceptors (Lipinski definition) is 5. The van der Waals surface area contributed by atoms with E-state index in [-0.39, 0.29) is 17.7 Å². The molecule has 2 aromatic heterocycles. The van der Waals surface area contributed by atoms with Crippen LogP contribution in [-0.4, -0.2) is 31.7 Å².